The number of alkyl halides is 1. The number of carbonyl (C=O) groups excluding carboxylic acids is 2. The van der Waals surface area contributed by atoms with E-state index in [9.17, 15) is 22.4 Å². The number of ether oxygens (including phenoxy) is 1. The lowest BCUT2D eigenvalue weighted by atomic mass is 10.0. The van der Waals surface area contributed by atoms with Gasteiger partial charge in [-0.15, -0.1) is 0 Å². The molecular formula is C15H18FNO5S. The Kier molecular flexibility index (Phi) is 5.35. The van der Waals surface area contributed by atoms with E-state index in [1.807, 2.05) is 0 Å². The molecule has 1 aliphatic heterocycles. The summed E-state index contributed by atoms with van der Waals surface area (Å²) in [4.78, 5) is 25.6. The van der Waals surface area contributed by atoms with Gasteiger partial charge in [0.15, 0.2) is 6.01 Å². The number of benzene rings is 1. The van der Waals surface area contributed by atoms with E-state index in [-0.39, 0.29) is 10.5 Å². The fourth-order valence-corrected chi connectivity index (χ4v) is 3.33. The molecular weight excluding hydrogens is 325 g/mol. The Morgan fingerprint density at radius 2 is 2.09 bits per heavy atom. The van der Waals surface area contributed by atoms with Crippen LogP contribution in [0.5, 0.6) is 0 Å². The number of hydrogen-bond acceptors (Lipinski definition) is 5. The number of methoxy groups -OCH3 is 1. The molecule has 1 aliphatic rings. The predicted octanol–water partition coefficient (Wildman–Crippen LogP) is 1.56. The van der Waals surface area contributed by atoms with Crippen molar-refractivity contribution in [2.45, 2.75) is 30.2 Å². The number of esters is 1. The van der Waals surface area contributed by atoms with Crippen LogP contribution >= 0.6 is 0 Å². The second kappa shape index (κ2) is 7.08. The van der Waals surface area contributed by atoms with Crippen LogP contribution in [0.15, 0.2) is 29.2 Å². The lowest BCUT2D eigenvalue weighted by molar-refractivity contribution is -0.147. The Hall–Kier alpha value is -1.96. The topological polar surface area (TPSA) is 80.8 Å². The lowest BCUT2D eigenvalue weighted by Gasteiger charge is -2.33. The SMILES string of the molecule is COC(=O)[C@H]1CCCCN1C(=O)c1cccc(S(=O)(=O)CF)c1. The zero-order chi connectivity index (χ0) is 17.0. The summed E-state index contributed by atoms with van der Waals surface area (Å²) in [6, 6.07) is 3.00. The highest BCUT2D eigenvalue weighted by Gasteiger charge is 2.33. The summed E-state index contributed by atoms with van der Waals surface area (Å²) >= 11 is 0. The monoisotopic (exact) mass is 343 g/mol. The normalized spacial score (nSPS) is 18.5. The Bertz CT molecular complexity index is 704. The molecule has 2 rings (SSSR count). The third-order valence-corrected chi connectivity index (χ3v) is 5.08. The first-order valence-electron chi connectivity index (χ1n) is 7.18. The Balaban J connectivity index is 2.32. The number of sulfone groups is 1. The zero-order valence-corrected chi connectivity index (χ0v) is 13.5. The summed E-state index contributed by atoms with van der Waals surface area (Å²) in [6.45, 7) is 0.388. The van der Waals surface area contributed by atoms with Crippen molar-refractivity contribution in [1.29, 1.82) is 0 Å². The molecule has 1 atom stereocenters. The lowest BCUT2D eigenvalue weighted by Crippen LogP contribution is -2.48. The average molecular weight is 343 g/mol. The van der Waals surface area contributed by atoms with Crippen molar-refractivity contribution in [1.82, 2.24) is 4.90 Å². The maximum atomic E-state index is 12.6. The Labute approximate surface area is 134 Å². The van der Waals surface area contributed by atoms with Crippen LogP contribution in [0.4, 0.5) is 4.39 Å². The van der Waals surface area contributed by atoms with Gasteiger partial charge < -0.3 is 9.64 Å². The first kappa shape index (κ1) is 17.4. The highest BCUT2D eigenvalue weighted by Crippen LogP contribution is 2.22. The van der Waals surface area contributed by atoms with Gasteiger partial charge in [-0.2, -0.15) is 0 Å². The minimum absolute atomic E-state index is 0.107. The number of nitrogens with zero attached hydrogens (tertiary/aromatic N) is 1. The number of rotatable bonds is 4. The standard InChI is InChI=1S/C15H18FNO5S/c1-22-15(19)13-7-2-3-8-17(13)14(18)11-5-4-6-12(9-11)23(20,21)10-16/h4-6,9,13H,2-3,7-8,10H2,1H3/t13-/m1/s1. The molecule has 0 bridgehead atoms. The van der Waals surface area contributed by atoms with E-state index in [4.69, 9.17) is 4.74 Å². The van der Waals surface area contributed by atoms with Gasteiger partial charge in [0.2, 0.25) is 9.84 Å². The molecule has 0 aliphatic carbocycles. The van der Waals surface area contributed by atoms with Gasteiger partial charge in [-0.1, -0.05) is 6.07 Å². The third kappa shape index (κ3) is 3.69. The number of piperidine rings is 1. The summed E-state index contributed by atoms with van der Waals surface area (Å²) in [5.41, 5.74) is 0.107. The van der Waals surface area contributed by atoms with E-state index in [1.54, 1.807) is 0 Å². The molecule has 0 radical (unpaired) electrons. The summed E-state index contributed by atoms with van der Waals surface area (Å²) in [5.74, 6) is -0.957. The van der Waals surface area contributed by atoms with Crippen molar-refractivity contribution in [2.75, 3.05) is 19.7 Å². The van der Waals surface area contributed by atoms with Crippen LogP contribution in [-0.2, 0) is 19.4 Å². The van der Waals surface area contributed by atoms with E-state index in [1.165, 1.54) is 30.2 Å². The van der Waals surface area contributed by atoms with E-state index in [0.717, 1.165) is 18.9 Å². The number of halogens is 1. The summed E-state index contributed by atoms with van der Waals surface area (Å²) in [6.07, 6.45) is 2.06. The highest BCUT2D eigenvalue weighted by atomic mass is 32.2. The molecule has 0 aromatic heterocycles. The van der Waals surface area contributed by atoms with E-state index >= 15 is 0 Å². The van der Waals surface area contributed by atoms with Crippen molar-refractivity contribution in [3.05, 3.63) is 29.8 Å². The van der Waals surface area contributed by atoms with Crippen molar-refractivity contribution >= 4 is 21.7 Å². The van der Waals surface area contributed by atoms with Gasteiger partial charge in [0.25, 0.3) is 5.91 Å². The molecule has 1 fully saturated rings. The van der Waals surface area contributed by atoms with Crippen LogP contribution in [0, 0.1) is 0 Å². The summed E-state index contributed by atoms with van der Waals surface area (Å²) in [5, 5.41) is 0. The van der Waals surface area contributed by atoms with Crippen LogP contribution in [0.1, 0.15) is 29.6 Å². The van der Waals surface area contributed by atoms with E-state index in [0.29, 0.717) is 13.0 Å². The molecule has 23 heavy (non-hydrogen) atoms. The largest absolute Gasteiger partial charge is 0.467 e. The van der Waals surface area contributed by atoms with Crippen LogP contribution in [0.3, 0.4) is 0 Å². The highest BCUT2D eigenvalue weighted by molar-refractivity contribution is 7.91. The summed E-state index contributed by atoms with van der Waals surface area (Å²) in [7, 11) is -2.79. The minimum Gasteiger partial charge on any atom is -0.467 e. The van der Waals surface area contributed by atoms with Crippen molar-refractivity contribution in [2.24, 2.45) is 0 Å². The van der Waals surface area contributed by atoms with E-state index in [2.05, 4.69) is 0 Å². The fourth-order valence-electron chi connectivity index (χ4n) is 2.61. The van der Waals surface area contributed by atoms with Gasteiger partial charge >= 0.3 is 5.97 Å². The van der Waals surface area contributed by atoms with Gasteiger partial charge in [-0.25, -0.2) is 17.6 Å². The fraction of sp³-hybridized carbons (Fsp3) is 0.467. The molecule has 0 N–H and O–H groups in total. The third-order valence-electron chi connectivity index (χ3n) is 3.82. The van der Waals surface area contributed by atoms with Crippen LogP contribution in [-0.4, -0.2) is 50.9 Å². The van der Waals surface area contributed by atoms with Gasteiger partial charge in [0.1, 0.15) is 6.04 Å². The molecule has 1 aromatic rings. The van der Waals surface area contributed by atoms with Crippen molar-refractivity contribution in [3.8, 4) is 0 Å². The first-order valence-corrected chi connectivity index (χ1v) is 8.83. The molecule has 1 heterocycles. The second-order valence-electron chi connectivity index (χ2n) is 5.28. The zero-order valence-electron chi connectivity index (χ0n) is 12.7. The molecule has 1 aromatic carbocycles. The molecule has 1 amide bonds. The molecule has 8 heteroatoms. The van der Waals surface area contributed by atoms with Crippen molar-refractivity contribution in [3.63, 3.8) is 0 Å². The van der Waals surface area contributed by atoms with Gasteiger partial charge in [-0.3, -0.25) is 4.79 Å². The predicted molar refractivity (Wildman–Crippen MR) is 80.3 cm³/mol. The molecule has 1 saturated heterocycles. The second-order valence-corrected chi connectivity index (χ2v) is 7.20. The maximum Gasteiger partial charge on any atom is 0.328 e. The molecule has 126 valence electrons. The van der Waals surface area contributed by atoms with Gasteiger partial charge in [-0.05, 0) is 37.5 Å². The number of likely N-dealkylation sites (tertiary alicyclic amines) is 1. The molecule has 0 unspecified atom stereocenters. The van der Waals surface area contributed by atoms with Crippen LogP contribution in [0.2, 0.25) is 0 Å². The molecule has 6 nitrogen and oxygen atoms in total. The van der Waals surface area contributed by atoms with Gasteiger partial charge in [0.05, 0.1) is 12.0 Å². The number of amides is 1. The molecule has 0 spiro atoms. The maximum absolute atomic E-state index is 12.6. The average Bonchev–Trinajstić information content (AvgIpc) is 2.60. The van der Waals surface area contributed by atoms with Crippen molar-refractivity contribution < 1.29 is 27.1 Å². The minimum atomic E-state index is -4.05. The first-order chi connectivity index (χ1) is 10.9. The van der Waals surface area contributed by atoms with Gasteiger partial charge in [0, 0.05) is 12.1 Å². The Morgan fingerprint density at radius 3 is 2.74 bits per heavy atom. The van der Waals surface area contributed by atoms with Crippen LogP contribution < -0.4 is 0 Å². The smallest absolute Gasteiger partial charge is 0.328 e. The van der Waals surface area contributed by atoms with Crippen LogP contribution in [0.25, 0.3) is 0 Å². The number of carbonyl (C=O) groups is 2. The molecule has 0 saturated carbocycles. The van der Waals surface area contributed by atoms with E-state index < -0.39 is 33.8 Å². The number of hydrogen-bond donors (Lipinski definition) is 0. The summed E-state index contributed by atoms with van der Waals surface area (Å²) < 4.78 is 40.5. The quantitative estimate of drug-likeness (QED) is 0.775. The Morgan fingerprint density at radius 1 is 1.35 bits per heavy atom.